The number of aryl methyl sites for hydroxylation is 2. The Balaban J connectivity index is 1.44. The molecule has 4 aromatic rings. The van der Waals surface area contributed by atoms with Crippen LogP contribution in [-0.2, 0) is 11.3 Å². The molecule has 2 N–H and O–H groups in total. The molecule has 0 spiro atoms. The van der Waals surface area contributed by atoms with Crippen LogP contribution in [0.15, 0.2) is 84.1 Å². The Labute approximate surface area is 182 Å². The number of para-hydroxylation sites is 2. The average molecular weight is 411 g/mol. The van der Waals surface area contributed by atoms with Crippen LogP contribution in [0.25, 0.3) is 10.9 Å². The molecular formula is C26H26N4O. The monoisotopic (exact) mass is 410 g/mol. The van der Waals surface area contributed by atoms with Crippen LogP contribution in [0.5, 0.6) is 0 Å². The number of benzene rings is 3. The predicted molar refractivity (Wildman–Crippen MR) is 128 cm³/mol. The van der Waals surface area contributed by atoms with E-state index in [1.807, 2.05) is 62.4 Å². The molecular weight excluding hydrogens is 384 g/mol. The van der Waals surface area contributed by atoms with Gasteiger partial charge in [0.05, 0.1) is 12.8 Å². The van der Waals surface area contributed by atoms with Gasteiger partial charge >= 0.3 is 0 Å². The molecule has 5 heteroatoms. The van der Waals surface area contributed by atoms with Gasteiger partial charge in [-0.25, -0.2) is 5.43 Å². The van der Waals surface area contributed by atoms with E-state index in [4.69, 9.17) is 0 Å². The summed E-state index contributed by atoms with van der Waals surface area (Å²) in [7, 11) is 0. The third kappa shape index (κ3) is 4.83. The molecule has 156 valence electrons. The molecule has 0 aliphatic carbocycles. The topological polar surface area (TPSA) is 58.4 Å². The Kier molecular flexibility index (Phi) is 6.13. The maximum Gasteiger partial charge on any atom is 0.259 e. The largest absolute Gasteiger partial charge is 0.376 e. The number of nitrogens with zero attached hydrogens (tertiary/aromatic N) is 2. The molecule has 0 aliphatic heterocycles. The van der Waals surface area contributed by atoms with E-state index in [-0.39, 0.29) is 12.5 Å². The maximum atomic E-state index is 12.2. The normalized spacial score (nSPS) is 11.2. The number of hydrogen-bond donors (Lipinski definition) is 2. The second-order valence-corrected chi connectivity index (χ2v) is 7.63. The zero-order valence-corrected chi connectivity index (χ0v) is 17.8. The summed E-state index contributed by atoms with van der Waals surface area (Å²) in [6.45, 7) is 4.99. The lowest BCUT2D eigenvalue weighted by Gasteiger charge is -2.11. The minimum absolute atomic E-state index is 0.165. The van der Waals surface area contributed by atoms with Crippen LogP contribution in [0.4, 0.5) is 5.69 Å². The molecule has 5 nitrogen and oxygen atoms in total. The van der Waals surface area contributed by atoms with Crippen LogP contribution >= 0.6 is 0 Å². The Morgan fingerprint density at radius 1 is 0.935 bits per heavy atom. The van der Waals surface area contributed by atoms with Gasteiger partial charge in [0.2, 0.25) is 0 Å². The number of nitrogens with one attached hydrogen (secondary N) is 2. The number of fused-ring (bicyclic) bond motifs is 1. The smallest absolute Gasteiger partial charge is 0.259 e. The molecule has 4 rings (SSSR count). The van der Waals surface area contributed by atoms with Gasteiger partial charge in [-0.1, -0.05) is 66.7 Å². The standard InChI is InChI=1S/C26H26N4O/c1-19-9-8-10-20(2)26(19)27-16-25(31)29-28-15-22-18-30(17-21-11-4-3-5-12-21)24-14-7-6-13-23(22)24/h3-15,18,27H,16-17H2,1-2H3,(H,29,31). The third-order valence-corrected chi connectivity index (χ3v) is 5.31. The molecule has 0 bridgehead atoms. The number of carbonyl (C=O) groups is 1. The van der Waals surface area contributed by atoms with Crippen molar-refractivity contribution in [1.82, 2.24) is 9.99 Å². The summed E-state index contributed by atoms with van der Waals surface area (Å²) in [4.78, 5) is 12.2. The zero-order valence-electron chi connectivity index (χ0n) is 17.8. The molecule has 3 aromatic carbocycles. The molecule has 1 amide bonds. The van der Waals surface area contributed by atoms with Crippen molar-refractivity contribution in [3.63, 3.8) is 0 Å². The van der Waals surface area contributed by atoms with Gasteiger partial charge in [-0.15, -0.1) is 0 Å². The highest BCUT2D eigenvalue weighted by atomic mass is 16.2. The number of carbonyl (C=O) groups excluding carboxylic acids is 1. The van der Waals surface area contributed by atoms with E-state index in [9.17, 15) is 4.79 Å². The van der Waals surface area contributed by atoms with Gasteiger partial charge in [-0.2, -0.15) is 5.10 Å². The summed E-state index contributed by atoms with van der Waals surface area (Å²) in [5, 5.41) is 8.49. The summed E-state index contributed by atoms with van der Waals surface area (Å²) in [5.41, 5.74) is 9.18. The van der Waals surface area contributed by atoms with Crippen molar-refractivity contribution >= 4 is 28.7 Å². The van der Waals surface area contributed by atoms with E-state index in [1.54, 1.807) is 6.21 Å². The summed E-state index contributed by atoms with van der Waals surface area (Å²) in [5.74, 6) is -0.188. The Bertz CT molecular complexity index is 1200. The number of hydrazone groups is 1. The Morgan fingerprint density at radius 2 is 1.65 bits per heavy atom. The average Bonchev–Trinajstić information content (AvgIpc) is 3.12. The van der Waals surface area contributed by atoms with Gasteiger partial charge in [0.15, 0.2) is 0 Å². The van der Waals surface area contributed by atoms with Crippen molar-refractivity contribution in [2.24, 2.45) is 5.10 Å². The summed E-state index contributed by atoms with van der Waals surface area (Å²) >= 11 is 0. The fraction of sp³-hybridized carbons (Fsp3) is 0.154. The van der Waals surface area contributed by atoms with Crippen molar-refractivity contribution < 1.29 is 4.79 Å². The van der Waals surface area contributed by atoms with Crippen molar-refractivity contribution in [3.05, 3.63) is 101 Å². The summed E-state index contributed by atoms with van der Waals surface area (Å²) < 4.78 is 2.20. The maximum absolute atomic E-state index is 12.2. The lowest BCUT2D eigenvalue weighted by atomic mass is 10.1. The highest BCUT2D eigenvalue weighted by Gasteiger charge is 2.08. The van der Waals surface area contributed by atoms with Crippen LogP contribution in [0.2, 0.25) is 0 Å². The molecule has 0 saturated heterocycles. The molecule has 1 aromatic heterocycles. The first-order valence-electron chi connectivity index (χ1n) is 10.4. The molecule has 1 heterocycles. The van der Waals surface area contributed by atoms with Crippen LogP contribution in [0, 0.1) is 13.8 Å². The van der Waals surface area contributed by atoms with E-state index in [0.717, 1.165) is 39.8 Å². The van der Waals surface area contributed by atoms with E-state index in [2.05, 4.69) is 50.9 Å². The number of rotatable bonds is 7. The minimum atomic E-state index is -0.188. The highest BCUT2D eigenvalue weighted by molar-refractivity contribution is 5.99. The second-order valence-electron chi connectivity index (χ2n) is 7.63. The highest BCUT2D eigenvalue weighted by Crippen LogP contribution is 2.21. The van der Waals surface area contributed by atoms with Gasteiger partial charge in [0.25, 0.3) is 5.91 Å². The fourth-order valence-electron chi connectivity index (χ4n) is 3.76. The van der Waals surface area contributed by atoms with Gasteiger partial charge in [-0.3, -0.25) is 4.79 Å². The summed E-state index contributed by atoms with van der Waals surface area (Å²) in [6, 6.07) is 24.6. The van der Waals surface area contributed by atoms with Crippen molar-refractivity contribution in [1.29, 1.82) is 0 Å². The molecule has 0 saturated carbocycles. The van der Waals surface area contributed by atoms with Gasteiger partial charge in [0.1, 0.15) is 0 Å². The number of amides is 1. The molecule has 31 heavy (non-hydrogen) atoms. The quantitative estimate of drug-likeness (QED) is 0.337. The first kappa shape index (κ1) is 20.4. The van der Waals surface area contributed by atoms with Gasteiger partial charge in [0, 0.05) is 34.9 Å². The first-order chi connectivity index (χ1) is 15.1. The molecule has 0 radical (unpaired) electrons. The molecule has 0 aliphatic rings. The zero-order chi connectivity index (χ0) is 21.6. The van der Waals surface area contributed by atoms with Crippen molar-refractivity contribution in [2.75, 3.05) is 11.9 Å². The number of aromatic nitrogens is 1. The van der Waals surface area contributed by atoms with Crippen LogP contribution in [0.3, 0.4) is 0 Å². The minimum Gasteiger partial charge on any atom is -0.376 e. The van der Waals surface area contributed by atoms with Crippen LogP contribution in [0.1, 0.15) is 22.3 Å². The molecule has 0 atom stereocenters. The lowest BCUT2D eigenvalue weighted by Crippen LogP contribution is -2.26. The fourth-order valence-corrected chi connectivity index (χ4v) is 3.76. The van der Waals surface area contributed by atoms with E-state index < -0.39 is 0 Å². The van der Waals surface area contributed by atoms with E-state index in [1.165, 1.54) is 5.56 Å². The third-order valence-electron chi connectivity index (χ3n) is 5.31. The lowest BCUT2D eigenvalue weighted by molar-refractivity contribution is -0.119. The predicted octanol–water partition coefficient (Wildman–Crippen LogP) is 4.87. The molecule has 0 unspecified atom stereocenters. The van der Waals surface area contributed by atoms with Crippen molar-refractivity contribution in [2.45, 2.75) is 20.4 Å². The Morgan fingerprint density at radius 3 is 2.42 bits per heavy atom. The van der Waals surface area contributed by atoms with E-state index >= 15 is 0 Å². The number of hydrogen-bond acceptors (Lipinski definition) is 3. The number of anilines is 1. The van der Waals surface area contributed by atoms with Crippen LogP contribution < -0.4 is 10.7 Å². The summed E-state index contributed by atoms with van der Waals surface area (Å²) in [6.07, 6.45) is 3.78. The van der Waals surface area contributed by atoms with Gasteiger partial charge < -0.3 is 9.88 Å². The second kappa shape index (κ2) is 9.30. The SMILES string of the molecule is Cc1cccc(C)c1NCC(=O)NN=Cc1cn(Cc2ccccc2)c2ccccc12. The van der Waals surface area contributed by atoms with Crippen LogP contribution in [-0.4, -0.2) is 23.2 Å². The first-order valence-corrected chi connectivity index (χ1v) is 10.4. The van der Waals surface area contributed by atoms with Crippen molar-refractivity contribution in [3.8, 4) is 0 Å². The Hall–Kier alpha value is -3.86. The van der Waals surface area contributed by atoms with Gasteiger partial charge in [-0.05, 0) is 36.6 Å². The van der Waals surface area contributed by atoms with E-state index in [0.29, 0.717) is 0 Å². The molecule has 0 fully saturated rings.